The summed E-state index contributed by atoms with van der Waals surface area (Å²) in [6, 6.07) is 6.65. The molecule has 200 valence electrons. The minimum Gasteiger partial charge on any atom is -0.466 e. The Hall–Kier alpha value is -4.09. The highest BCUT2D eigenvalue weighted by Crippen LogP contribution is 2.54. The second-order valence-electron chi connectivity index (χ2n) is 9.80. The fourth-order valence-corrected chi connectivity index (χ4v) is 5.28. The van der Waals surface area contributed by atoms with Crippen LogP contribution in [0.15, 0.2) is 40.9 Å². The number of halogens is 2. The molecule has 0 atom stereocenters. The van der Waals surface area contributed by atoms with E-state index in [1.54, 1.807) is 12.3 Å². The zero-order valence-electron chi connectivity index (χ0n) is 20.9. The van der Waals surface area contributed by atoms with Crippen molar-refractivity contribution in [1.82, 2.24) is 15.2 Å². The Labute approximate surface area is 217 Å². The molecule has 1 amide bonds. The summed E-state index contributed by atoms with van der Waals surface area (Å²) >= 11 is 0. The topological polar surface area (TPSA) is 122 Å². The van der Waals surface area contributed by atoms with Gasteiger partial charge in [-0.3, -0.25) is 9.59 Å². The van der Waals surface area contributed by atoms with Crippen molar-refractivity contribution in [2.45, 2.75) is 39.0 Å². The van der Waals surface area contributed by atoms with Gasteiger partial charge in [0.05, 0.1) is 18.5 Å². The molecule has 2 aliphatic rings. The molecule has 1 aliphatic heterocycles. The zero-order valence-corrected chi connectivity index (χ0v) is 20.9. The fourth-order valence-electron chi connectivity index (χ4n) is 5.28. The maximum Gasteiger partial charge on any atom is 0.320 e. The van der Waals surface area contributed by atoms with E-state index in [0.29, 0.717) is 30.0 Å². The third kappa shape index (κ3) is 5.74. The monoisotopic (exact) mass is 526 g/mol. The number of carbonyl (C=O) groups is 2. The van der Waals surface area contributed by atoms with Crippen LogP contribution in [-0.2, 0) is 9.53 Å². The van der Waals surface area contributed by atoms with E-state index >= 15 is 0 Å². The van der Waals surface area contributed by atoms with E-state index in [0.717, 1.165) is 56.7 Å². The number of amides is 1. The van der Waals surface area contributed by atoms with Gasteiger partial charge in [0.25, 0.3) is 0 Å². The van der Waals surface area contributed by atoms with Crippen molar-refractivity contribution in [3.05, 3.63) is 54.1 Å². The Balaban J connectivity index is 1.10. The van der Waals surface area contributed by atoms with E-state index in [4.69, 9.17) is 9.15 Å². The van der Waals surface area contributed by atoms with E-state index in [1.165, 1.54) is 6.07 Å². The molecule has 1 saturated heterocycles. The molecule has 0 unspecified atom stereocenters. The molecule has 1 spiro atoms. The number of rotatable bonds is 8. The van der Waals surface area contributed by atoms with Gasteiger partial charge in [-0.1, -0.05) is 5.10 Å². The van der Waals surface area contributed by atoms with Gasteiger partial charge >= 0.3 is 23.8 Å². The molecule has 1 saturated carbocycles. The average Bonchev–Trinajstić information content (AvgIpc) is 3.35. The van der Waals surface area contributed by atoms with E-state index < -0.39 is 17.5 Å². The van der Waals surface area contributed by atoms with Crippen molar-refractivity contribution < 1.29 is 27.5 Å². The number of anilines is 4. The lowest BCUT2D eigenvalue weighted by Crippen LogP contribution is -2.47. The molecule has 10 nitrogen and oxygen atoms in total. The van der Waals surface area contributed by atoms with Crippen LogP contribution in [0.1, 0.15) is 49.7 Å². The van der Waals surface area contributed by atoms with Crippen LogP contribution in [-0.4, -0.2) is 46.8 Å². The van der Waals surface area contributed by atoms with E-state index in [-0.39, 0.29) is 23.6 Å². The predicted octanol–water partition coefficient (Wildman–Crippen LogP) is 4.69. The van der Waals surface area contributed by atoms with Crippen molar-refractivity contribution in [1.29, 1.82) is 0 Å². The van der Waals surface area contributed by atoms with Crippen LogP contribution in [0.3, 0.4) is 0 Å². The molecular formula is C26H28F2N6O4. The van der Waals surface area contributed by atoms with Gasteiger partial charge in [0.15, 0.2) is 11.6 Å². The highest BCUT2D eigenvalue weighted by molar-refractivity contribution is 6.00. The van der Waals surface area contributed by atoms with Crippen LogP contribution in [0.25, 0.3) is 0 Å². The smallest absolute Gasteiger partial charge is 0.320 e. The van der Waals surface area contributed by atoms with Crippen molar-refractivity contribution >= 4 is 35.1 Å². The Morgan fingerprint density at radius 1 is 1.11 bits per heavy atom. The van der Waals surface area contributed by atoms with Gasteiger partial charge in [-0.05, 0) is 68.2 Å². The van der Waals surface area contributed by atoms with E-state index in [9.17, 15) is 18.4 Å². The molecule has 2 fully saturated rings. The van der Waals surface area contributed by atoms with Gasteiger partial charge in [-0.25, -0.2) is 13.8 Å². The lowest BCUT2D eigenvalue weighted by atomic mass is 9.57. The molecule has 2 aromatic heterocycles. The summed E-state index contributed by atoms with van der Waals surface area (Å²) in [5.74, 6) is -1.79. The lowest BCUT2D eigenvalue weighted by Gasteiger charge is -2.52. The van der Waals surface area contributed by atoms with Crippen molar-refractivity contribution in [2.75, 3.05) is 35.2 Å². The first-order valence-corrected chi connectivity index (χ1v) is 12.6. The molecule has 1 aromatic carbocycles. The number of pyridine rings is 1. The molecule has 12 heteroatoms. The first kappa shape index (κ1) is 25.6. The Bertz CT molecular complexity index is 1300. The quantitative estimate of drug-likeness (QED) is 0.403. The molecule has 0 bridgehead atoms. The normalized spacial score (nSPS) is 16.7. The SMILES string of the molecule is CCOC(=O)CC1CC2(CCN(c3ccc(NC(=O)c4nnc(Nc5ccc(F)c(F)c5)o4)cn3)CC2)C1. The van der Waals surface area contributed by atoms with Crippen molar-refractivity contribution in [2.24, 2.45) is 11.3 Å². The Morgan fingerprint density at radius 2 is 1.87 bits per heavy atom. The summed E-state index contributed by atoms with van der Waals surface area (Å²) in [5, 5.41) is 12.7. The summed E-state index contributed by atoms with van der Waals surface area (Å²) in [7, 11) is 0. The molecule has 1 aliphatic carbocycles. The Morgan fingerprint density at radius 3 is 2.55 bits per heavy atom. The summed E-state index contributed by atoms with van der Waals surface area (Å²) in [4.78, 5) is 30.9. The Kier molecular flexibility index (Phi) is 7.21. The number of esters is 1. The second-order valence-corrected chi connectivity index (χ2v) is 9.80. The molecule has 38 heavy (non-hydrogen) atoms. The standard InChI is InChI=1S/C26H28F2N6O4/c1-2-37-22(35)11-16-13-26(14-16)7-9-34(10-8-26)21-6-4-18(15-29-21)30-23(36)24-32-33-25(38-24)31-17-3-5-19(27)20(28)12-17/h3-6,12,15-16H,2,7-11,13-14H2,1H3,(H,30,36)(H,31,33). The maximum atomic E-state index is 13.4. The number of aromatic nitrogens is 3. The predicted molar refractivity (Wildman–Crippen MR) is 134 cm³/mol. The number of hydrogen-bond donors (Lipinski definition) is 2. The summed E-state index contributed by atoms with van der Waals surface area (Å²) < 4.78 is 36.8. The number of carbonyl (C=O) groups excluding carboxylic acids is 2. The van der Waals surface area contributed by atoms with Gasteiger partial charge in [-0.15, -0.1) is 5.10 Å². The van der Waals surface area contributed by atoms with E-state index in [1.807, 2.05) is 13.0 Å². The molecule has 3 heterocycles. The summed E-state index contributed by atoms with van der Waals surface area (Å²) in [6.45, 7) is 4.04. The third-order valence-corrected chi connectivity index (χ3v) is 7.15. The first-order valence-electron chi connectivity index (χ1n) is 12.6. The number of nitrogens with zero attached hydrogens (tertiary/aromatic N) is 4. The van der Waals surface area contributed by atoms with Gasteiger partial charge in [0.1, 0.15) is 5.82 Å². The van der Waals surface area contributed by atoms with Crippen LogP contribution in [0, 0.1) is 23.0 Å². The molecule has 2 N–H and O–H groups in total. The fraction of sp³-hybridized carbons (Fsp3) is 0.423. The van der Waals surface area contributed by atoms with Crippen LogP contribution in [0.4, 0.5) is 32.0 Å². The highest BCUT2D eigenvalue weighted by Gasteiger charge is 2.46. The number of ether oxygens (including phenoxy) is 1. The number of nitrogens with one attached hydrogen (secondary N) is 2. The van der Waals surface area contributed by atoms with Crippen LogP contribution in [0.5, 0.6) is 0 Å². The number of piperidine rings is 1. The first-order chi connectivity index (χ1) is 18.3. The van der Waals surface area contributed by atoms with Crippen LogP contribution >= 0.6 is 0 Å². The van der Waals surface area contributed by atoms with Gasteiger partial charge in [0, 0.05) is 31.3 Å². The molecular weight excluding hydrogens is 498 g/mol. The van der Waals surface area contributed by atoms with Crippen LogP contribution < -0.4 is 15.5 Å². The number of hydrogen-bond acceptors (Lipinski definition) is 9. The maximum absolute atomic E-state index is 13.4. The molecule has 3 aromatic rings. The second kappa shape index (κ2) is 10.7. The minimum absolute atomic E-state index is 0.0981. The average molecular weight is 527 g/mol. The van der Waals surface area contributed by atoms with Crippen molar-refractivity contribution in [3.8, 4) is 0 Å². The van der Waals surface area contributed by atoms with Crippen LogP contribution in [0.2, 0.25) is 0 Å². The zero-order chi connectivity index (χ0) is 26.7. The summed E-state index contributed by atoms with van der Waals surface area (Å²) in [5.41, 5.74) is 0.975. The number of benzene rings is 1. The summed E-state index contributed by atoms with van der Waals surface area (Å²) in [6.07, 6.45) is 6.35. The largest absolute Gasteiger partial charge is 0.466 e. The minimum atomic E-state index is -1.03. The van der Waals surface area contributed by atoms with Gasteiger partial charge in [0.2, 0.25) is 0 Å². The van der Waals surface area contributed by atoms with Crippen molar-refractivity contribution in [3.63, 3.8) is 0 Å². The highest BCUT2D eigenvalue weighted by atomic mass is 19.2. The van der Waals surface area contributed by atoms with Gasteiger partial charge in [-0.2, -0.15) is 0 Å². The molecule has 5 rings (SSSR count). The van der Waals surface area contributed by atoms with E-state index in [2.05, 4.69) is 30.7 Å². The third-order valence-electron chi connectivity index (χ3n) is 7.15. The van der Waals surface area contributed by atoms with Gasteiger partial charge < -0.3 is 24.7 Å². The molecule has 0 radical (unpaired) electrons. The lowest BCUT2D eigenvalue weighted by molar-refractivity contribution is -0.146.